The summed E-state index contributed by atoms with van der Waals surface area (Å²) >= 11 is 0. The number of ether oxygens (including phenoxy) is 3. The van der Waals surface area contributed by atoms with Crippen molar-refractivity contribution in [2.45, 2.75) is 41.0 Å². The molecule has 166 valence electrons. The van der Waals surface area contributed by atoms with Crippen LogP contribution in [0.25, 0.3) is 10.9 Å². The van der Waals surface area contributed by atoms with E-state index in [0.29, 0.717) is 0 Å². The molecule has 1 heterocycles. The molecule has 1 aromatic carbocycles. The Morgan fingerprint density at radius 3 is 2.33 bits per heavy atom. The van der Waals surface area contributed by atoms with Crippen LogP contribution in [0.4, 0.5) is 4.79 Å². The number of benzene rings is 1. The topological polar surface area (TPSA) is 78.8 Å². The summed E-state index contributed by atoms with van der Waals surface area (Å²) < 4.78 is 17.8. The zero-order valence-corrected chi connectivity index (χ0v) is 19.1. The number of rotatable bonds is 8. The number of likely N-dealkylation sites (N-methyl/N-ethyl adjacent to an activating group) is 1. The van der Waals surface area contributed by atoms with Crippen molar-refractivity contribution < 1.29 is 23.8 Å². The lowest BCUT2D eigenvalue weighted by molar-refractivity contribution is -0.156. The zero-order chi connectivity index (χ0) is 22.5. The van der Waals surface area contributed by atoms with Gasteiger partial charge in [-0.2, -0.15) is 0 Å². The van der Waals surface area contributed by atoms with Crippen molar-refractivity contribution in [2.24, 2.45) is 10.8 Å². The molecule has 0 fully saturated rings. The molecule has 2 rings (SSSR count). The Morgan fingerprint density at radius 2 is 1.73 bits per heavy atom. The molecule has 2 aromatic rings. The first-order valence-electron chi connectivity index (χ1n) is 10.2. The Labute approximate surface area is 178 Å². The summed E-state index contributed by atoms with van der Waals surface area (Å²) in [4.78, 5) is 24.8. The molecule has 30 heavy (non-hydrogen) atoms. The zero-order valence-electron chi connectivity index (χ0n) is 19.1. The number of carbonyl (C=O) groups excluding carboxylic acids is 2. The first-order valence-corrected chi connectivity index (χ1v) is 10.2. The third-order valence-corrected chi connectivity index (χ3v) is 4.73. The smallest absolute Gasteiger partial charge is 0.418 e. The summed E-state index contributed by atoms with van der Waals surface area (Å²) in [6, 6.07) is 5.61. The van der Waals surface area contributed by atoms with Crippen molar-refractivity contribution in [2.75, 3.05) is 33.9 Å². The second kappa shape index (κ2) is 9.51. The molecule has 0 amide bonds. The predicted molar refractivity (Wildman–Crippen MR) is 117 cm³/mol. The van der Waals surface area contributed by atoms with Crippen molar-refractivity contribution in [3.8, 4) is 5.75 Å². The summed E-state index contributed by atoms with van der Waals surface area (Å²) in [6.07, 6.45) is 2.13. The molecule has 0 bridgehead atoms. The van der Waals surface area contributed by atoms with E-state index in [9.17, 15) is 9.59 Å². The molecule has 0 radical (unpaired) electrons. The lowest BCUT2D eigenvalue weighted by Crippen LogP contribution is -2.32. The van der Waals surface area contributed by atoms with Gasteiger partial charge in [0.15, 0.2) is 0 Å². The van der Waals surface area contributed by atoms with Crippen molar-refractivity contribution in [3.05, 3.63) is 30.0 Å². The Balaban J connectivity index is 2.13. The van der Waals surface area contributed by atoms with Crippen LogP contribution in [0.1, 0.15) is 40.2 Å². The van der Waals surface area contributed by atoms with Gasteiger partial charge in [0.25, 0.3) is 0 Å². The first kappa shape index (κ1) is 23.7. The van der Waals surface area contributed by atoms with E-state index < -0.39 is 16.9 Å². The molecule has 0 saturated carbocycles. The molecule has 7 nitrogen and oxygen atoms in total. The minimum Gasteiger partial charge on any atom is -0.497 e. The highest BCUT2D eigenvalue weighted by Gasteiger charge is 2.28. The van der Waals surface area contributed by atoms with Crippen LogP contribution in [0, 0.1) is 10.8 Å². The molecule has 0 aliphatic heterocycles. The number of esters is 1. The fraction of sp³-hybridized carbons (Fsp3) is 0.565. The van der Waals surface area contributed by atoms with Gasteiger partial charge in [-0.25, -0.2) is 4.79 Å². The molecule has 1 aromatic heterocycles. The van der Waals surface area contributed by atoms with Gasteiger partial charge in [0, 0.05) is 17.0 Å². The molecule has 0 spiro atoms. The van der Waals surface area contributed by atoms with Crippen molar-refractivity contribution in [1.29, 1.82) is 0 Å². The van der Waals surface area contributed by atoms with Crippen molar-refractivity contribution in [3.63, 3.8) is 0 Å². The van der Waals surface area contributed by atoms with Gasteiger partial charge in [-0.15, -0.1) is 0 Å². The minimum atomic E-state index is -0.568. The monoisotopic (exact) mass is 418 g/mol. The van der Waals surface area contributed by atoms with Gasteiger partial charge in [-0.1, -0.05) is 13.8 Å². The summed E-state index contributed by atoms with van der Waals surface area (Å²) in [5, 5.41) is 4.09. The van der Waals surface area contributed by atoms with E-state index in [1.807, 2.05) is 45.3 Å². The normalized spacial score (nSPS) is 12.1. The maximum atomic E-state index is 12.8. The number of nitrogens with zero attached hydrogens (tertiary/aromatic N) is 1. The number of hydrogen-bond donors (Lipinski definition) is 1. The molecule has 0 aliphatic carbocycles. The molecular weight excluding hydrogens is 384 g/mol. The van der Waals surface area contributed by atoms with Crippen molar-refractivity contribution >= 4 is 23.0 Å². The molecule has 0 saturated heterocycles. The third kappa shape index (κ3) is 5.98. The van der Waals surface area contributed by atoms with Crippen LogP contribution in [-0.4, -0.2) is 50.5 Å². The fourth-order valence-corrected chi connectivity index (χ4v) is 2.86. The average molecular weight is 419 g/mol. The van der Waals surface area contributed by atoms with E-state index in [1.54, 1.807) is 27.9 Å². The van der Waals surface area contributed by atoms with Gasteiger partial charge in [0.05, 0.1) is 24.6 Å². The van der Waals surface area contributed by atoms with E-state index in [2.05, 4.69) is 5.32 Å². The van der Waals surface area contributed by atoms with Gasteiger partial charge < -0.3 is 19.5 Å². The Kier molecular flexibility index (Phi) is 7.53. The maximum Gasteiger partial charge on any atom is 0.418 e. The van der Waals surface area contributed by atoms with Gasteiger partial charge in [-0.05, 0) is 64.5 Å². The van der Waals surface area contributed by atoms with Crippen LogP contribution in [0.3, 0.4) is 0 Å². The number of carbonyl (C=O) groups is 2. The average Bonchev–Trinajstić information content (AvgIpc) is 3.05. The molecule has 7 heteroatoms. The van der Waals surface area contributed by atoms with Crippen LogP contribution >= 0.6 is 0 Å². The van der Waals surface area contributed by atoms with Gasteiger partial charge in [-0.3, -0.25) is 9.36 Å². The second-order valence-corrected chi connectivity index (χ2v) is 9.31. The van der Waals surface area contributed by atoms with Crippen LogP contribution in [0.15, 0.2) is 24.4 Å². The molecule has 0 unspecified atom stereocenters. The predicted octanol–water partition coefficient (Wildman–Crippen LogP) is 4.01. The highest BCUT2D eigenvalue weighted by molar-refractivity contribution is 5.92. The number of nitrogens with one attached hydrogen (secondary N) is 1. The summed E-state index contributed by atoms with van der Waals surface area (Å²) in [6.45, 7) is 10.3. The minimum absolute atomic E-state index is 0.130. The standard InChI is InChI=1S/C23H34N2O5/c1-22(2,3)20(26)29-14-23(4,5)15-30-21(27)25-13-16(10-11-24-6)18-12-17(28-7)8-9-19(18)25/h8-9,12-13,24H,10-11,14-15H2,1-7H3. The second-order valence-electron chi connectivity index (χ2n) is 9.31. The van der Waals surface area contributed by atoms with Gasteiger partial charge in [0.2, 0.25) is 0 Å². The molecule has 0 aliphatic rings. The molecule has 1 N–H and O–H groups in total. The number of hydrogen-bond acceptors (Lipinski definition) is 6. The summed E-state index contributed by atoms with van der Waals surface area (Å²) in [7, 11) is 3.51. The Hall–Kier alpha value is -2.54. The van der Waals surface area contributed by atoms with Gasteiger partial charge >= 0.3 is 12.1 Å². The van der Waals surface area contributed by atoms with E-state index in [0.717, 1.165) is 35.2 Å². The lowest BCUT2D eigenvalue weighted by atomic mass is 9.95. The van der Waals surface area contributed by atoms with Crippen molar-refractivity contribution in [1.82, 2.24) is 9.88 Å². The SMILES string of the molecule is CNCCc1cn(C(=O)OCC(C)(C)COC(=O)C(C)(C)C)c2ccc(OC)cc12. The number of fused-ring (bicyclic) bond motifs is 1. The number of methoxy groups -OCH3 is 1. The van der Waals surface area contributed by atoms with Crippen LogP contribution in [0.5, 0.6) is 5.75 Å². The molecule has 0 atom stereocenters. The summed E-state index contributed by atoms with van der Waals surface area (Å²) in [5.41, 5.74) is 0.733. The highest BCUT2D eigenvalue weighted by Crippen LogP contribution is 2.27. The first-order chi connectivity index (χ1) is 14.0. The largest absolute Gasteiger partial charge is 0.497 e. The Morgan fingerprint density at radius 1 is 1.07 bits per heavy atom. The third-order valence-electron chi connectivity index (χ3n) is 4.73. The fourth-order valence-electron chi connectivity index (χ4n) is 2.86. The number of aromatic nitrogens is 1. The van der Waals surface area contributed by atoms with E-state index in [4.69, 9.17) is 14.2 Å². The van der Waals surface area contributed by atoms with Gasteiger partial charge in [0.1, 0.15) is 12.4 Å². The lowest BCUT2D eigenvalue weighted by Gasteiger charge is -2.26. The van der Waals surface area contributed by atoms with E-state index in [1.165, 1.54) is 4.57 Å². The van der Waals surface area contributed by atoms with Crippen LogP contribution in [-0.2, 0) is 20.7 Å². The Bertz CT molecular complexity index is 893. The highest BCUT2D eigenvalue weighted by atomic mass is 16.6. The van der Waals surface area contributed by atoms with Crippen LogP contribution in [0.2, 0.25) is 0 Å². The van der Waals surface area contributed by atoms with E-state index >= 15 is 0 Å². The van der Waals surface area contributed by atoms with Crippen LogP contribution < -0.4 is 10.1 Å². The molecular formula is C23H34N2O5. The quantitative estimate of drug-likeness (QED) is 0.653. The maximum absolute atomic E-state index is 12.8. The summed E-state index contributed by atoms with van der Waals surface area (Å²) in [5.74, 6) is 0.461. The van der Waals surface area contributed by atoms with E-state index in [-0.39, 0.29) is 19.2 Å².